The maximum atomic E-state index is 11.2. The molecule has 2 aliphatic rings. The molecule has 1 fully saturated rings. The highest BCUT2D eigenvalue weighted by atomic mass is 16.5. The molecule has 2 heterocycles. The van der Waals surface area contributed by atoms with E-state index in [-0.39, 0.29) is 5.56 Å². The summed E-state index contributed by atoms with van der Waals surface area (Å²) in [5.74, 6) is 2.17. The van der Waals surface area contributed by atoms with Crippen LogP contribution in [0.3, 0.4) is 0 Å². The van der Waals surface area contributed by atoms with Crippen LogP contribution in [0.5, 0.6) is 11.5 Å². The lowest BCUT2D eigenvalue weighted by Crippen LogP contribution is -2.33. The smallest absolute Gasteiger partial charge is 0.335 e. The zero-order valence-electron chi connectivity index (χ0n) is 21.9. The van der Waals surface area contributed by atoms with Gasteiger partial charge in [-0.25, -0.2) is 4.79 Å². The fraction of sp³-hybridized carbons (Fsp3) is 0.429. The van der Waals surface area contributed by atoms with E-state index in [1.807, 2.05) is 6.07 Å². The van der Waals surface area contributed by atoms with Crippen molar-refractivity contribution < 1.29 is 19.4 Å². The lowest BCUT2D eigenvalue weighted by Gasteiger charge is -2.30. The Morgan fingerprint density at radius 2 is 1.66 bits per heavy atom. The van der Waals surface area contributed by atoms with Gasteiger partial charge in [0, 0.05) is 25.7 Å². The third-order valence-corrected chi connectivity index (χ3v) is 7.21. The number of fused-ring (bicyclic) bond motifs is 1. The van der Waals surface area contributed by atoms with E-state index in [1.54, 1.807) is 38.5 Å². The van der Waals surface area contributed by atoms with Gasteiger partial charge in [-0.2, -0.15) is 15.0 Å². The number of carbonyl (C=O) groups is 1. The summed E-state index contributed by atoms with van der Waals surface area (Å²) in [4.78, 5) is 27.6. The van der Waals surface area contributed by atoms with Crippen LogP contribution in [0.4, 0.5) is 17.8 Å². The van der Waals surface area contributed by atoms with Crippen molar-refractivity contribution in [3.63, 3.8) is 0 Å². The summed E-state index contributed by atoms with van der Waals surface area (Å²) in [7, 11) is 3.30. The molecular weight excluding hydrogens is 484 g/mol. The summed E-state index contributed by atoms with van der Waals surface area (Å²) in [6.07, 6.45) is 6.75. The topological polar surface area (TPSA) is 122 Å². The molecule has 5 rings (SSSR count). The lowest BCUT2D eigenvalue weighted by molar-refractivity contribution is 0.0697. The SMILES string of the molecule is COc1cc2c(cc1OC)CN(c1nc(NCc3ccc(C(=O)O)cc3)nc(NC3CCCCC3)n1)CC2. The number of hydrogen-bond acceptors (Lipinski definition) is 9. The van der Waals surface area contributed by atoms with E-state index in [9.17, 15) is 4.79 Å². The van der Waals surface area contributed by atoms with Crippen molar-refractivity contribution in [1.29, 1.82) is 0 Å². The Morgan fingerprint density at radius 1 is 0.974 bits per heavy atom. The number of ether oxygens (including phenoxy) is 2. The second kappa shape index (κ2) is 11.5. The molecule has 1 saturated carbocycles. The Kier molecular flexibility index (Phi) is 7.76. The van der Waals surface area contributed by atoms with Crippen LogP contribution in [-0.2, 0) is 19.5 Å². The summed E-state index contributed by atoms with van der Waals surface area (Å²) < 4.78 is 11.0. The standard InChI is InChI=1S/C28H34N6O4/c1-37-23-14-20-12-13-34(17-21(20)15-24(23)38-2)28-32-26(29-16-18-8-10-19(11-9-18)25(35)36)31-27(33-28)30-22-6-4-3-5-7-22/h8-11,14-15,22H,3-7,12-13,16-17H2,1-2H3,(H,35,36)(H2,29,30,31,32,33). The molecule has 3 aromatic rings. The van der Waals surface area contributed by atoms with Crippen LogP contribution in [-0.4, -0.2) is 52.8 Å². The van der Waals surface area contributed by atoms with Crippen molar-refractivity contribution in [2.24, 2.45) is 0 Å². The number of hydrogen-bond donors (Lipinski definition) is 3. The molecule has 1 aliphatic heterocycles. The van der Waals surface area contributed by atoms with Gasteiger partial charge in [-0.15, -0.1) is 0 Å². The molecule has 2 aromatic carbocycles. The van der Waals surface area contributed by atoms with Crippen LogP contribution in [0.15, 0.2) is 36.4 Å². The fourth-order valence-corrected chi connectivity index (χ4v) is 5.08. The van der Waals surface area contributed by atoms with Gasteiger partial charge in [-0.1, -0.05) is 31.4 Å². The molecular formula is C28H34N6O4. The summed E-state index contributed by atoms with van der Waals surface area (Å²) in [6, 6.07) is 11.2. The van der Waals surface area contributed by atoms with Gasteiger partial charge in [0.1, 0.15) is 0 Å². The molecule has 10 heteroatoms. The highest BCUT2D eigenvalue weighted by Crippen LogP contribution is 2.34. The normalized spacial score (nSPS) is 15.5. The van der Waals surface area contributed by atoms with E-state index in [0.717, 1.165) is 42.7 Å². The number of carboxylic acids is 1. The van der Waals surface area contributed by atoms with Gasteiger partial charge in [0.15, 0.2) is 11.5 Å². The van der Waals surface area contributed by atoms with Crippen molar-refractivity contribution in [2.45, 2.75) is 57.7 Å². The molecule has 0 unspecified atom stereocenters. The zero-order chi connectivity index (χ0) is 26.5. The van der Waals surface area contributed by atoms with E-state index >= 15 is 0 Å². The molecule has 200 valence electrons. The van der Waals surface area contributed by atoms with E-state index < -0.39 is 5.97 Å². The Hall–Kier alpha value is -4.08. The molecule has 0 amide bonds. The van der Waals surface area contributed by atoms with Gasteiger partial charge in [-0.05, 0) is 60.2 Å². The van der Waals surface area contributed by atoms with Gasteiger partial charge >= 0.3 is 5.97 Å². The Bertz CT molecular complexity index is 1280. The highest BCUT2D eigenvalue weighted by Gasteiger charge is 2.23. The van der Waals surface area contributed by atoms with Crippen LogP contribution < -0.4 is 25.0 Å². The van der Waals surface area contributed by atoms with Crippen LogP contribution in [0.25, 0.3) is 0 Å². The average Bonchev–Trinajstić information content (AvgIpc) is 2.95. The quantitative estimate of drug-likeness (QED) is 0.373. The molecule has 10 nitrogen and oxygen atoms in total. The molecule has 0 spiro atoms. The summed E-state index contributed by atoms with van der Waals surface area (Å²) in [5, 5.41) is 16.0. The first-order chi connectivity index (χ1) is 18.5. The monoisotopic (exact) mass is 518 g/mol. The van der Waals surface area contributed by atoms with Crippen molar-refractivity contribution in [1.82, 2.24) is 15.0 Å². The number of carboxylic acid groups (broad SMARTS) is 1. The number of rotatable bonds is 9. The molecule has 1 aromatic heterocycles. The minimum Gasteiger partial charge on any atom is -0.493 e. The summed E-state index contributed by atoms with van der Waals surface area (Å²) in [6.45, 7) is 1.89. The van der Waals surface area contributed by atoms with Gasteiger partial charge in [0.25, 0.3) is 0 Å². The first kappa shape index (κ1) is 25.6. The molecule has 0 saturated heterocycles. The first-order valence-corrected chi connectivity index (χ1v) is 13.1. The number of aromatic carboxylic acids is 1. The highest BCUT2D eigenvalue weighted by molar-refractivity contribution is 5.87. The predicted octanol–water partition coefficient (Wildman–Crippen LogP) is 4.51. The molecule has 0 atom stereocenters. The average molecular weight is 519 g/mol. The van der Waals surface area contributed by atoms with Crippen LogP contribution >= 0.6 is 0 Å². The molecule has 1 aliphatic carbocycles. The second-order valence-corrected chi connectivity index (χ2v) is 9.76. The Labute approximate surface area is 222 Å². The Morgan fingerprint density at radius 3 is 2.34 bits per heavy atom. The van der Waals surface area contributed by atoms with Crippen molar-refractivity contribution >= 4 is 23.8 Å². The third kappa shape index (κ3) is 5.90. The third-order valence-electron chi connectivity index (χ3n) is 7.21. The first-order valence-electron chi connectivity index (χ1n) is 13.1. The number of anilines is 3. The van der Waals surface area contributed by atoms with Gasteiger partial charge in [0.05, 0.1) is 19.8 Å². The van der Waals surface area contributed by atoms with Gasteiger partial charge in [-0.3, -0.25) is 0 Å². The summed E-state index contributed by atoms with van der Waals surface area (Å²) in [5.41, 5.74) is 3.59. The van der Waals surface area contributed by atoms with E-state index in [1.165, 1.54) is 24.8 Å². The minimum absolute atomic E-state index is 0.259. The number of nitrogens with one attached hydrogen (secondary N) is 2. The molecule has 3 N–H and O–H groups in total. The van der Waals surface area contributed by atoms with Crippen molar-refractivity contribution in [3.8, 4) is 11.5 Å². The molecule has 38 heavy (non-hydrogen) atoms. The number of methoxy groups -OCH3 is 2. The number of aromatic nitrogens is 3. The minimum atomic E-state index is -0.941. The van der Waals surface area contributed by atoms with Crippen LogP contribution in [0, 0.1) is 0 Å². The fourth-order valence-electron chi connectivity index (χ4n) is 5.08. The lowest BCUT2D eigenvalue weighted by atomic mass is 9.96. The number of nitrogens with zero attached hydrogens (tertiary/aromatic N) is 4. The summed E-state index contributed by atoms with van der Waals surface area (Å²) >= 11 is 0. The Balaban J connectivity index is 1.38. The van der Waals surface area contributed by atoms with E-state index in [2.05, 4.69) is 26.6 Å². The maximum Gasteiger partial charge on any atom is 0.335 e. The maximum absolute atomic E-state index is 11.2. The molecule has 0 radical (unpaired) electrons. The van der Waals surface area contributed by atoms with E-state index in [0.29, 0.717) is 42.7 Å². The van der Waals surface area contributed by atoms with E-state index in [4.69, 9.17) is 24.5 Å². The molecule has 0 bridgehead atoms. The largest absolute Gasteiger partial charge is 0.493 e. The van der Waals surface area contributed by atoms with Crippen LogP contribution in [0.1, 0.15) is 59.2 Å². The predicted molar refractivity (Wildman–Crippen MR) is 145 cm³/mol. The zero-order valence-corrected chi connectivity index (χ0v) is 21.9. The van der Waals surface area contributed by atoms with Crippen LogP contribution in [0.2, 0.25) is 0 Å². The van der Waals surface area contributed by atoms with Crippen molar-refractivity contribution in [3.05, 3.63) is 58.7 Å². The number of benzene rings is 2. The van der Waals surface area contributed by atoms with Crippen molar-refractivity contribution in [2.75, 3.05) is 36.3 Å². The van der Waals surface area contributed by atoms with Gasteiger partial charge in [0.2, 0.25) is 17.8 Å². The second-order valence-electron chi connectivity index (χ2n) is 9.76. The van der Waals surface area contributed by atoms with Gasteiger partial charge < -0.3 is 30.1 Å².